The molecule has 3 heteroatoms. The molecule has 3 unspecified atom stereocenters. The van der Waals surface area contributed by atoms with Gasteiger partial charge in [-0.1, -0.05) is 50.1 Å². The van der Waals surface area contributed by atoms with Crippen LogP contribution in [0.3, 0.4) is 0 Å². The molecule has 0 saturated heterocycles. The van der Waals surface area contributed by atoms with Crippen molar-refractivity contribution in [2.45, 2.75) is 56.7 Å². The third kappa shape index (κ3) is 4.86. The second-order valence-corrected chi connectivity index (χ2v) is 6.65. The number of rotatable bonds is 4. The fourth-order valence-corrected chi connectivity index (χ4v) is 3.14. The van der Waals surface area contributed by atoms with Gasteiger partial charge in [-0.05, 0) is 37.2 Å². The summed E-state index contributed by atoms with van der Waals surface area (Å²) in [6.07, 6.45) is 6.66. The highest BCUT2D eigenvalue weighted by atomic mass is 32.1. The molecule has 1 N–H and O–H groups in total. The molecule has 1 aliphatic carbocycles. The number of hydrogen-bond acceptors (Lipinski definition) is 2. The summed E-state index contributed by atoms with van der Waals surface area (Å²) < 4.78 is 0. The molecule has 1 amide bonds. The molecule has 0 spiro atoms. The van der Waals surface area contributed by atoms with Crippen LogP contribution >= 0.6 is 12.6 Å². The highest BCUT2D eigenvalue weighted by Gasteiger charge is 2.21. The van der Waals surface area contributed by atoms with Crippen molar-refractivity contribution in [1.29, 1.82) is 0 Å². The summed E-state index contributed by atoms with van der Waals surface area (Å²) in [6, 6.07) is 10.4. The largest absolute Gasteiger partial charge is 0.352 e. The Morgan fingerprint density at radius 1 is 1.25 bits per heavy atom. The maximum absolute atomic E-state index is 12.2. The molecule has 1 aliphatic rings. The van der Waals surface area contributed by atoms with Crippen molar-refractivity contribution in [2.24, 2.45) is 5.92 Å². The van der Waals surface area contributed by atoms with Crippen molar-refractivity contribution in [3.8, 4) is 0 Å². The number of amides is 1. The SMILES string of the molecule is CC1CCCC(NC(=O)C(S)Cc2ccccc2)CC1. The summed E-state index contributed by atoms with van der Waals surface area (Å²) in [6.45, 7) is 2.31. The first-order valence-corrected chi connectivity index (χ1v) is 8.19. The molecule has 0 aliphatic heterocycles. The zero-order valence-corrected chi connectivity index (χ0v) is 13.1. The smallest absolute Gasteiger partial charge is 0.233 e. The molecule has 110 valence electrons. The third-order valence-corrected chi connectivity index (χ3v) is 4.60. The number of thiol groups is 1. The predicted octanol–water partition coefficient (Wildman–Crippen LogP) is 3.61. The fraction of sp³-hybridized carbons (Fsp3) is 0.588. The van der Waals surface area contributed by atoms with Crippen LogP contribution in [0, 0.1) is 5.92 Å². The fourth-order valence-electron chi connectivity index (χ4n) is 2.86. The lowest BCUT2D eigenvalue weighted by atomic mass is 10.0. The van der Waals surface area contributed by atoms with E-state index in [1.54, 1.807) is 0 Å². The van der Waals surface area contributed by atoms with Crippen molar-refractivity contribution in [2.75, 3.05) is 0 Å². The van der Waals surface area contributed by atoms with E-state index in [-0.39, 0.29) is 11.2 Å². The van der Waals surface area contributed by atoms with Gasteiger partial charge in [0.05, 0.1) is 5.25 Å². The molecule has 1 aromatic carbocycles. The summed E-state index contributed by atoms with van der Waals surface area (Å²) in [4.78, 5) is 12.2. The van der Waals surface area contributed by atoms with Gasteiger partial charge in [0.25, 0.3) is 0 Å². The van der Waals surface area contributed by atoms with Gasteiger partial charge in [0.2, 0.25) is 5.91 Å². The monoisotopic (exact) mass is 291 g/mol. The molecular formula is C17H25NOS. The van der Waals surface area contributed by atoms with Crippen LogP contribution in [0.4, 0.5) is 0 Å². The Bertz CT molecular complexity index is 420. The lowest BCUT2D eigenvalue weighted by molar-refractivity contribution is -0.121. The van der Waals surface area contributed by atoms with E-state index in [1.165, 1.54) is 19.3 Å². The molecule has 1 aromatic rings. The first-order chi connectivity index (χ1) is 9.65. The molecule has 0 bridgehead atoms. The molecule has 2 nitrogen and oxygen atoms in total. The predicted molar refractivity (Wildman–Crippen MR) is 87.1 cm³/mol. The summed E-state index contributed by atoms with van der Waals surface area (Å²) >= 11 is 4.47. The Morgan fingerprint density at radius 3 is 2.75 bits per heavy atom. The van der Waals surface area contributed by atoms with Crippen molar-refractivity contribution in [3.05, 3.63) is 35.9 Å². The first-order valence-electron chi connectivity index (χ1n) is 7.67. The van der Waals surface area contributed by atoms with Crippen LogP contribution in [0.2, 0.25) is 0 Å². The summed E-state index contributed by atoms with van der Waals surface area (Å²) in [5.74, 6) is 0.879. The summed E-state index contributed by atoms with van der Waals surface area (Å²) in [5.41, 5.74) is 1.16. The van der Waals surface area contributed by atoms with Crippen LogP contribution in [0.15, 0.2) is 30.3 Å². The molecule has 2 rings (SSSR count). The zero-order chi connectivity index (χ0) is 14.4. The van der Waals surface area contributed by atoms with Gasteiger partial charge in [0.15, 0.2) is 0 Å². The molecule has 0 aromatic heterocycles. The van der Waals surface area contributed by atoms with Gasteiger partial charge >= 0.3 is 0 Å². The Hall–Kier alpha value is -0.960. The van der Waals surface area contributed by atoms with E-state index in [1.807, 2.05) is 30.3 Å². The van der Waals surface area contributed by atoms with Crippen molar-refractivity contribution in [3.63, 3.8) is 0 Å². The van der Waals surface area contributed by atoms with E-state index in [2.05, 4.69) is 24.9 Å². The standard InChI is InChI=1S/C17H25NOS/c1-13-6-5-9-15(11-10-13)18-17(19)16(20)12-14-7-3-2-4-8-14/h2-4,7-8,13,15-16,20H,5-6,9-12H2,1H3,(H,18,19). The maximum atomic E-state index is 12.2. The maximum Gasteiger partial charge on any atom is 0.233 e. The highest BCUT2D eigenvalue weighted by molar-refractivity contribution is 7.81. The van der Waals surface area contributed by atoms with E-state index in [0.29, 0.717) is 12.5 Å². The Labute approximate surface area is 127 Å². The molecule has 1 fully saturated rings. The van der Waals surface area contributed by atoms with Gasteiger partial charge in [-0.3, -0.25) is 4.79 Å². The molecule has 1 saturated carbocycles. The van der Waals surface area contributed by atoms with E-state index in [9.17, 15) is 4.79 Å². The lowest BCUT2D eigenvalue weighted by Gasteiger charge is -2.19. The van der Waals surface area contributed by atoms with Crippen LogP contribution in [0.5, 0.6) is 0 Å². The normalized spacial score (nSPS) is 24.7. The molecule has 3 atom stereocenters. The minimum absolute atomic E-state index is 0.0803. The number of carbonyl (C=O) groups excluding carboxylic acids is 1. The van der Waals surface area contributed by atoms with Crippen LogP contribution < -0.4 is 5.32 Å². The lowest BCUT2D eigenvalue weighted by Crippen LogP contribution is -2.40. The number of nitrogens with one attached hydrogen (secondary N) is 1. The van der Waals surface area contributed by atoms with Gasteiger partial charge in [0.1, 0.15) is 0 Å². The number of benzene rings is 1. The van der Waals surface area contributed by atoms with E-state index in [0.717, 1.165) is 24.3 Å². The molecule has 0 heterocycles. The first kappa shape index (κ1) is 15.4. The van der Waals surface area contributed by atoms with Crippen molar-refractivity contribution < 1.29 is 4.79 Å². The average molecular weight is 291 g/mol. The van der Waals surface area contributed by atoms with Crippen LogP contribution in [0.1, 0.15) is 44.6 Å². The van der Waals surface area contributed by atoms with Crippen LogP contribution in [0.25, 0.3) is 0 Å². The van der Waals surface area contributed by atoms with Gasteiger partial charge in [0, 0.05) is 6.04 Å². The Morgan fingerprint density at radius 2 is 2.00 bits per heavy atom. The topological polar surface area (TPSA) is 29.1 Å². The molecular weight excluding hydrogens is 266 g/mol. The molecule has 20 heavy (non-hydrogen) atoms. The average Bonchev–Trinajstić information content (AvgIpc) is 2.65. The number of carbonyl (C=O) groups is 1. The quantitative estimate of drug-likeness (QED) is 0.644. The zero-order valence-electron chi connectivity index (χ0n) is 12.2. The Balaban J connectivity index is 1.81. The van der Waals surface area contributed by atoms with E-state index in [4.69, 9.17) is 0 Å². The van der Waals surface area contributed by atoms with Crippen molar-refractivity contribution in [1.82, 2.24) is 5.32 Å². The Kier molecular flexibility index (Phi) is 5.96. The van der Waals surface area contributed by atoms with Gasteiger partial charge in [-0.15, -0.1) is 0 Å². The minimum atomic E-state index is -0.252. The van der Waals surface area contributed by atoms with Crippen molar-refractivity contribution >= 4 is 18.5 Å². The van der Waals surface area contributed by atoms with Gasteiger partial charge in [-0.2, -0.15) is 12.6 Å². The minimum Gasteiger partial charge on any atom is -0.352 e. The number of hydrogen-bond donors (Lipinski definition) is 2. The summed E-state index contributed by atoms with van der Waals surface area (Å²) in [7, 11) is 0. The second kappa shape index (κ2) is 7.72. The highest BCUT2D eigenvalue weighted by Crippen LogP contribution is 2.22. The van der Waals surface area contributed by atoms with Crippen LogP contribution in [-0.4, -0.2) is 17.2 Å². The third-order valence-electron chi connectivity index (χ3n) is 4.18. The van der Waals surface area contributed by atoms with Gasteiger partial charge in [-0.25, -0.2) is 0 Å². The molecule has 0 radical (unpaired) electrons. The van der Waals surface area contributed by atoms with E-state index >= 15 is 0 Å². The van der Waals surface area contributed by atoms with Crippen LogP contribution in [-0.2, 0) is 11.2 Å². The van der Waals surface area contributed by atoms with E-state index < -0.39 is 0 Å². The van der Waals surface area contributed by atoms with Gasteiger partial charge < -0.3 is 5.32 Å². The summed E-state index contributed by atoms with van der Waals surface area (Å²) in [5, 5.41) is 2.93. The second-order valence-electron chi connectivity index (χ2n) is 6.02.